The Labute approximate surface area is 163 Å². The van der Waals surface area contributed by atoms with Crippen LogP contribution in [0.15, 0.2) is 42.7 Å². The number of hydrogen-bond donors (Lipinski definition) is 2. The number of aliphatic hydroxyl groups is 2. The van der Waals surface area contributed by atoms with Crippen molar-refractivity contribution in [2.45, 2.75) is 52.7 Å². The number of hydrogen-bond acceptors (Lipinski definition) is 2. The fourth-order valence-electron chi connectivity index (χ4n) is 3.28. The Bertz CT molecular complexity index is 549. The molecule has 0 saturated heterocycles. The second-order valence-electron chi connectivity index (χ2n) is 6.04. The summed E-state index contributed by atoms with van der Waals surface area (Å²) in [7, 11) is -0.820. The number of allylic oxidation sites excluding steroid dienone is 4. The summed E-state index contributed by atoms with van der Waals surface area (Å²) in [6, 6.07) is 0. The second kappa shape index (κ2) is 8.09. The molecule has 0 bridgehead atoms. The molecule has 2 nitrogen and oxygen atoms in total. The standard InChI is InChI=1S/C16H22Cl2O2Si.Zr/c1-7-5-11(17)13(9(3)19)15(7)21-16-8(2)6-12(18)14(16)10(4)20;/h9-10,19-20H,5-6,21H2,1-4H3;. The normalized spacial score (nSPS) is 22.4. The van der Waals surface area contributed by atoms with Crippen LogP contribution >= 0.6 is 23.2 Å². The topological polar surface area (TPSA) is 40.5 Å². The van der Waals surface area contributed by atoms with E-state index in [1.54, 1.807) is 13.8 Å². The molecule has 6 heteroatoms. The molecule has 22 heavy (non-hydrogen) atoms. The van der Waals surface area contributed by atoms with Gasteiger partial charge in [0.25, 0.3) is 0 Å². The molecule has 0 aromatic heterocycles. The minimum atomic E-state index is -0.820. The van der Waals surface area contributed by atoms with Gasteiger partial charge in [-0.1, -0.05) is 44.7 Å². The molecular weight excluding hydrogens is 414 g/mol. The van der Waals surface area contributed by atoms with Gasteiger partial charge < -0.3 is 10.2 Å². The van der Waals surface area contributed by atoms with Crippen molar-refractivity contribution in [3.8, 4) is 0 Å². The first-order valence-corrected chi connectivity index (χ1v) is 9.42. The van der Waals surface area contributed by atoms with E-state index in [0.717, 1.165) is 34.1 Å². The molecule has 0 fully saturated rings. The number of rotatable bonds is 4. The second-order valence-corrected chi connectivity index (χ2v) is 8.72. The molecule has 0 radical (unpaired) electrons. The van der Waals surface area contributed by atoms with Crippen molar-refractivity contribution in [1.29, 1.82) is 0 Å². The first-order chi connectivity index (χ1) is 9.73. The molecule has 0 heterocycles. The van der Waals surface area contributed by atoms with Crippen LogP contribution in [0.25, 0.3) is 0 Å². The fraction of sp³-hybridized carbons (Fsp3) is 0.500. The Balaban J connectivity index is 0.00000242. The zero-order chi connectivity index (χ0) is 15.9. The molecule has 0 aromatic rings. The Morgan fingerprint density at radius 3 is 1.45 bits per heavy atom. The summed E-state index contributed by atoms with van der Waals surface area (Å²) in [6.45, 7) is 7.69. The van der Waals surface area contributed by atoms with Crippen molar-refractivity contribution in [2.75, 3.05) is 0 Å². The Kier molecular flexibility index (Phi) is 7.58. The molecule has 0 amide bonds. The quantitative estimate of drug-likeness (QED) is 0.665. The van der Waals surface area contributed by atoms with E-state index in [4.69, 9.17) is 23.2 Å². The third-order valence-corrected chi connectivity index (χ3v) is 7.65. The van der Waals surface area contributed by atoms with Crippen LogP contribution in [0.5, 0.6) is 0 Å². The summed E-state index contributed by atoms with van der Waals surface area (Å²) in [5.74, 6) is 0. The van der Waals surface area contributed by atoms with Crippen LogP contribution < -0.4 is 0 Å². The van der Waals surface area contributed by atoms with Crippen LogP contribution in [0.3, 0.4) is 0 Å². The Morgan fingerprint density at radius 2 is 1.18 bits per heavy atom. The van der Waals surface area contributed by atoms with E-state index in [0.29, 0.717) is 0 Å². The van der Waals surface area contributed by atoms with Crippen molar-refractivity contribution in [3.63, 3.8) is 0 Å². The molecule has 2 aliphatic carbocycles. The molecule has 0 spiro atoms. The summed E-state index contributed by atoms with van der Waals surface area (Å²) in [5.41, 5.74) is 4.29. The minimum absolute atomic E-state index is 0. The summed E-state index contributed by atoms with van der Waals surface area (Å²) in [4.78, 5) is 0. The molecule has 0 aliphatic heterocycles. The molecule has 0 saturated carbocycles. The van der Waals surface area contributed by atoms with Gasteiger partial charge in [0.15, 0.2) is 0 Å². The molecule has 2 unspecified atom stereocenters. The van der Waals surface area contributed by atoms with Gasteiger partial charge in [-0.25, -0.2) is 0 Å². The van der Waals surface area contributed by atoms with Crippen molar-refractivity contribution >= 4 is 32.7 Å². The van der Waals surface area contributed by atoms with E-state index in [1.165, 1.54) is 21.5 Å². The van der Waals surface area contributed by atoms with E-state index < -0.39 is 21.7 Å². The minimum Gasteiger partial charge on any atom is -0.389 e. The van der Waals surface area contributed by atoms with Crippen molar-refractivity contribution in [2.24, 2.45) is 0 Å². The fourth-order valence-corrected chi connectivity index (χ4v) is 7.06. The smallest absolute Gasteiger partial charge is 0.0884 e. The van der Waals surface area contributed by atoms with E-state index in [1.807, 2.05) is 0 Å². The van der Waals surface area contributed by atoms with Crippen molar-refractivity contribution in [3.05, 3.63) is 42.7 Å². The third-order valence-electron chi connectivity index (χ3n) is 4.29. The van der Waals surface area contributed by atoms with Gasteiger partial charge in [-0.15, -0.1) is 0 Å². The third kappa shape index (κ3) is 3.96. The van der Waals surface area contributed by atoms with Gasteiger partial charge >= 0.3 is 0 Å². The van der Waals surface area contributed by atoms with Gasteiger partial charge in [0.1, 0.15) is 0 Å². The van der Waals surface area contributed by atoms with Gasteiger partial charge in [0.05, 0.1) is 21.7 Å². The first-order valence-electron chi connectivity index (χ1n) is 7.25. The van der Waals surface area contributed by atoms with E-state index in [9.17, 15) is 10.2 Å². The van der Waals surface area contributed by atoms with Crippen LogP contribution in [0.4, 0.5) is 0 Å². The maximum Gasteiger partial charge on any atom is 0.0884 e. The summed E-state index contributed by atoms with van der Waals surface area (Å²) in [5, 5.41) is 24.0. The van der Waals surface area contributed by atoms with Crippen molar-refractivity contribution < 1.29 is 36.4 Å². The largest absolute Gasteiger partial charge is 0.389 e. The average molecular weight is 437 g/mol. The molecule has 0 aromatic carbocycles. The SMILES string of the molecule is CC1=C([SiH2]C2=C(C)CC(Cl)=C2C(C)O)C(C(C)O)=C(Cl)C1.[Zr]. The van der Waals surface area contributed by atoms with Crippen LogP contribution in [-0.4, -0.2) is 31.9 Å². The van der Waals surface area contributed by atoms with Gasteiger partial charge in [-0.3, -0.25) is 0 Å². The summed E-state index contributed by atoms with van der Waals surface area (Å²) < 4.78 is 0. The maximum absolute atomic E-state index is 10.0. The first kappa shape index (κ1) is 20.6. The van der Waals surface area contributed by atoms with Crippen LogP contribution in [0, 0.1) is 0 Å². The molecule has 2 aliphatic rings. The predicted octanol–water partition coefficient (Wildman–Crippen LogP) is 3.26. The van der Waals surface area contributed by atoms with Gasteiger partial charge in [-0.2, -0.15) is 0 Å². The molecule has 120 valence electrons. The zero-order valence-electron chi connectivity index (χ0n) is 13.4. The Hall–Kier alpha value is 0.560. The maximum atomic E-state index is 10.0. The van der Waals surface area contributed by atoms with Gasteiger partial charge in [0.2, 0.25) is 0 Å². The monoisotopic (exact) mass is 434 g/mol. The van der Waals surface area contributed by atoms with Crippen LogP contribution in [0.2, 0.25) is 0 Å². The van der Waals surface area contributed by atoms with Gasteiger partial charge in [-0.05, 0) is 38.8 Å². The van der Waals surface area contributed by atoms with E-state index >= 15 is 0 Å². The molecule has 2 rings (SSSR count). The molecule has 2 N–H and O–H groups in total. The number of aliphatic hydroxyl groups excluding tert-OH is 2. The van der Waals surface area contributed by atoms with Crippen molar-refractivity contribution in [1.82, 2.24) is 0 Å². The average Bonchev–Trinajstić information content (AvgIpc) is 2.77. The van der Waals surface area contributed by atoms with Crippen LogP contribution in [0.1, 0.15) is 40.5 Å². The predicted molar refractivity (Wildman–Crippen MR) is 92.3 cm³/mol. The summed E-state index contributed by atoms with van der Waals surface area (Å²) in [6.07, 6.45) is 0.374. The van der Waals surface area contributed by atoms with E-state index in [-0.39, 0.29) is 26.2 Å². The zero-order valence-corrected chi connectivity index (χ0v) is 18.8. The summed E-state index contributed by atoms with van der Waals surface area (Å²) >= 11 is 12.6. The Morgan fingerprint density at radius 1 is 0.864 bits per heavy atom. The molecular formula is C16H22Cl2O2SiZr. The van der Waals surface area contributed by atoms with E-state index in [2.05, 4.69) is 13.8 Å². The molecule has 2 atom stereocenters. The van der Waals surface area contributed by atoms with Crippen LogP contribution in [-0.2, 0) is 26.2 Å². The van der Waals surface area contributed by atoms with Gasteiger partial charge in [0, 0.05) is 49.1 Å². The number of halogens is 2.